The lowest BCUT2D eigenvalue weighted by atomic mass is 10.4. The second-order valence-electron chi connectivity index (χ2n) is 2.19. The fourth-order valence-corrected chi connectivity index (χ4v) is 0.912. The minimum atomic E-state index is 0.653. The van der Waals surface area contributed by atoms with Crippen molar-refractivity contribution in [1.82, 2.24) is 19.9 Å². The molecule has 0 aromatic carbocycles. The van der Waals surface area contributed by atoms with E-state index in [1.807, 2.05) is 20.8 Å². The number of hydrogen-bond donors (Lipinski definition) is 0. The highest BCUT2D eigenvalue weighted by molar-refractivity contribution is 5.70. The van der Waals surface area contributed by atoms with Gasteiger partial charge in [0.1, 0.15) is 11.8 Å². The first-order valence-electron chi connectivity index (χ1n) is 4.26. The normalized spacial score (nSPS) is 9.15. The van der Waals surface area contributed by atoms with E-state index in [4.69, 9.17) is 0 Å². The quantitative estimate of drug-likeness (QED) is 0.613. The molecule has 2 rings (SSSR count). The first kappa shape index (κ1) is 9.51. The van der Waals surface area contributed by atoms with E-state index in [0.717, 1.165) is 11.2 Å². The first-order valence-corrected chi connectivity index (χ1v) is 4.26. The smallest absolute Gasteiger partial charge is 0.181 e. The zero-order chi connectivity index (χ0) is 9.68. The Labute approximate surface area is 77.1 Å². The van der Waals surface area contributed by atoms with Gasteiger partial charge in [-0.1, -0.05) is 13.8 Å². The molecule has 2 heterocycles. The molecule has 2 aromatic rings. The minimum Gasteiger partial charge on any atom is -0.249 e. The lowest BCUT2D eigenvalue weighted by Crippen LogP contribution is -1.91. The average Bonchev–Trinajstić information content (AvgIpc) is 2.22. The maximum absolute atomic E-state index is 4.09. The maximum Gasteiger partial charge on any atom is 0.181 e. The van der Waals surface area contributed by atoms with Gasteiger partial charge in [-0.2, -0.15) is 0 Å². The highest BCUT2D eigenvalue weighted by Crippen LogP contribution is 2.05. The summed E-state index contributed by atoms with van der Waals surface area (Å²) < 4.78 is 0. The second kappa shape index (κ2) is 4.45. The van der Waals surface area contributed by atoms with Crippen LogP contribution in [-0.4, -0.2) is 19.9 Å². The fourth-order valence-electron chi connectivity index (χ4n) is 0.912. The molecule has 0 spiro atoms. The number of hydrogen-bond acceptors (Lipinski definition) is 4. The van der Waals surface area contributed by atoms with Crippen molar-refractivity contribution in [3.8, 4) is 0 Å². The summed E-state index contributed by atoms with van der Waals surface area (Å²) in [6.45, 7) is 5.89. The van der Waals surface area contributed by atoms with E-state index in [1.54, 1.807) is 12.4 Å². The van der Waals surface area contributed by atoms with Crippen molar-refractivity contribution in [2.75, 3.05) is 0 Å². The van der Waals surface area contributed by atoms with Crippen LogP contribution in [0, 0.1) is 6.92 Å². The van der Waals surface area contributed by atoms with Gasteiger partial charge < -0.3 is 0 Å². The second-order valence-corrected chi connectivity index (χ2v) is 2.19. The van der Waals surface area contributed by atoms with Crippen LogP contribution in [0.5, 0.6) is 0 Å². The predicted octanol–water partition coefficient (Wildman–Crippen LogP) is 1.75. The van der Waals surface area contributed by atoms with Crippen LogP contribution in [-0.2, 0) is 0 Å². The first-order chi connectivity index (χ1) is 6.38. The van der Waals surface area contributed by atoms with Crippen LogP contribution in [0.3, 0.4) is 0 Å². The Morgan fingerprint density at radius 3 is 2.31 bits per heavy atom. The summed E-state index contributed by atoms with van der Waals surface area (Å²) in [6.07, 6.45) is 4.75. The molecule has 0 aliphatic carbocycles. The van der Waals surface area contributed by atoms with Crippen LogP contribution in [0.4, 0.5) is 0 Å². The Hall–Kier alpha value is -1.58. The van der Waals surface area contributed by atoms with E-state index < -0.39 is 0 Å². The Morgan fingerprint density at radius 2 is 1.62 bits per heavy atom. The molecule has 0 atom stereocenters. The van der Waals surface area contributed by atoms with Gasteiger partial charge in [-0.25, -0.2) is 19.9 Å². The monoisotopic (exact) mass is 176 g/mol. The summed E-state index contributed by atoms with van der Waals surface area (Å²) in [5.74, 6) is 0. The molecule has 13 heavy (non-hydrogen) atoms. The minimum absolute atomic E-state index is 0.653. The SMILES string of the molecule is CC.Cc1ncnc2nccnc12. The van der Waals surface area contributed by atoms with E-state index in [0.29, 0.717) is 5.65 Å². The van der Waals surface area contributed by atoms with E-state index in [2.05, 4.69) is 19.9 Å². The molecule has 0 N–H and O–H groups in total. The van der Waals surface area contributed by atoms with Gasteiger partial charge in [0.2, 0.25) is 0 Å². The van der Waals surface area contributed by atoms with Crippen LogP contribution in [0.2, 0.25) is 0 Å². The molecule has 0 fully saturated rings. The molecule has 0 saturated carbocycles. The number of aryl methyl sites for hydroxylation is 1. The van der Waals surface area contributed by atoms with Gasteiger partial charge in [0.05, 0.1) is 5.69 Å². The van der Waals surface area contributed by atoms with Gasteiger partial charge in [-0.05, 0) is 6.92 Å². The van der Waals surface area contributed by atoms with E-state index >= 15 is 0 Å². The van der Waals surface area contributed by atoms with Crippen LogP contribution in [0.1, 0.15) is 19.5 Å². The zero-order valence-corrected chi connectivity index (χ0v) is 8.02. The molecule has 0 radical (unpaired) electrons. The third kappa shape index (κ3) is 1.96. The standard InChI is InChI=1S/C7H6N4.C2H6/c1-5-6-7(11-4-10-5)9-3-2-8-6;1-2/h2-4H,1H3;1-2H3. The van der Waals surface area contributed by atoms with E-state index in [-0.39, 0.29) is 0 Å². The van der Waals surface area contributed by atoms with Gasteiger partial charge in [-0.15, -0.1) is 0 Å². The predicted molar refractivity (Wildman–Crippen MR) is 51.2 cm³/mol. The molecule has 4 nitrogen and oxygen atoms in total. The number of aromatic nitrogens is 4. The summed E-state index contributed by atoms with van der Waals surface area (Å²) in [7, 11) is 0. The molecule has 2 aromatic heterocycles. The van der Waals surface area contributed by atoms with Crippen molar-refractivity contribution in [3.63, 3.8) is 0 Å². The van der Waals surface area contributed by atoms with E-state index in [1.165, 1.54) is 6.33 Å². The molecule has 0 aliphatic rings. The maximum atomic E-state index is 4.09. The van der Waals surface area contributed by atoms with Crippen molar-refractivity contribution >= 4 is 11.2 Å². The van der Waals surface area contributed by atoms with Gasteiger partial charge in [-0.3, -0.25) is 0 Å². The molecule has 4 heteroatoms. The fraction of sp³-hybridized carbons (Fsp3) is 0.333. The van der Waals surface area contributed by atoms with Crippen LogP contribution in [0.25, 0.3) is 11.2 Å². The summed E-state index contributed by atoms with van der Waals surface area (Å²) in [6, 6.07) is 0. The molecule has 68 valence electrons. The average molecular weight is 176 g/mol. The highest BCUT2D eigenvalue weighted by Gasteiger charge is 1.98. The Balaban J connectivity index is 0.000000396. The number of rotatable bonds is 0. The molecule has 0 bridgehead atoms. The summed E-state index contributed by atoms with van der Waals surface area (Å²) in [5, 5.41) is 0. The van der Waals surface area contributed by atoms with Gasteiger partial charge >= 0.3 is 0 Å². The van der Waals surface area contributed by atoms with Crippen molar-refractivity contribution in [2.45, 2.75) is 20.8 Å². The van der Waals surface area contributed by atoms with Crippen molar-refractivity contribution in [1.29, 1.82) is 0 Å². The topological polar surface area (TPSA) is 51.6 Å². The molecule has 0 unspecified atom stereocenters. The zero-order valence-electron chi connectivity index (χ0n) is 8.02. The molecule has 0 aliphatic heterocycles. The van der Waals surface area contributed by atoms with Crippen LogP contribution >= 0.6 is 0 Å². The number of nitrogens with zero attached hydrogens (tertiary/aromatic N) is 4. The number of fused-ring (bicyclic) bond motifs is 1. The lowest BCUT2D eigenvalue weighted by molar-refractivity contribution is 1.10. The summed E-state index contributed by atoms with van der Waals surface area (Å²) >= 11 is 0. The summed E-state index contributed by atoms with van der Waals surface area (Å²) in [4.78, 5) is 16.1. The van der Waals surface area contributed by atoms with Crippen molar-refractivity contribution in [3.05, 3.63) is 24.4 Å². The van der Waals surface area contributed by atoms with E-state index in [9.17, 15) is 0 Å². The van der Waals surface area contributed by atoms with Crippen molar-refractivity contribution < 1.29 is 0 Å². The van der Waals surface area contributed by atoms with Gasteiger partial charge in [0.25, 0.3) is 0 Å². The van der Waals surface area contributed by atoms with Crippen LogP contribution < -0.4 is 0 Å². The molecular weight excluding hydrogens is 164 g/mol. The Morgan fingerprint density at radius 1 is 0.923 bits per heavy atom. The Kier molecular flexibility index (Phi) is 3.25. The molecule has 0 amide bonds. The third-order valence-corrected chi connectivity index (χ3v) is 1.45. The third-order valence-electron chi connectivity index (χ3n) is 1.45. The van der Waals surface area contributed by atoms with Crippen molar-refractivity contribution in [2.24, 2.45) is 0 Å². The molecular formula is C9H12N4. The molecule has 0 saturated heterocycles. The largest absolute Gasteiger partial charge is 0.249 e. The Bertz CT molecular complexity index is 381. The van der Waals surface area contributed by atoms with Gasteiger partial charge in [0.15, 0.2) is 5.65 Å². The highest BCUT2D eigenvalue weighted by atomic mass is 14.9. The van der Waals surface area contributed by atoms with Crippen LogP contribution in [0.15, 0.2) is 18.7 Å². The lowest BCUT2D eigenvalue weighted by Gasteiger charge is -1.94. The summed E-state index contributed by atoms with van der Waals surface area (Å²) in [5.41, 5.74) is 2.29. The van der Waals surface area contributed by atoms with Gasteiger partial charge in [0, 0.05) is 12.4 Å².